The lowest BCUT2D eigenvalue weighted by Gasteiger charge is -2.12. The topological polar surface area (TPSA) is 93.5 Å². The Morgan fingerprint density at radius 1 is 0.941 bits per heavy atom. The minimum Gasteiger partial charge on any atom is -0.497 e. The molecule has 0 radical (unpaired) electrons. The van der Waals surface area contributed by atoms with Gasteiger partial charge in [0.25, 0.3) is 11.8 Å². The van der Waals surface area contributed by atoms with E-state index in [0.717, 1.165) is 17.5 Å². The molecular weight excluding hydrogens is 430 g/mol. The van der Waals surface area contributed by atoms with Crippen LogP contribution in [-0.2, 0) is 11.2 Å². The molecule has 34 heavy (non-hydrogen) atoms. The van der Waals surface area contributed by atoms with Gasteiger partial charge < -0.3 is 19.8 Å². The quantitative estimate of drug-likeness (QED) is 0.378. The van der Waals surface area contributed by atoms with Gasteiger partial charge in [0.1, 0.15) is 17.2 Å². The normalized spacial score (nSPS) is 11.0. The van der Waals surface area contributed by atoms with Crippen molar-refractivity contribution in [1.82, 2.24) is 10.3 Å². The fraction of sp³-hybridized carbons (Fsp3) is 0.0741. The number of pyridine rings is 1. The highest BCUT2D eigenvalue weighted by molar-refractivity contribution is 6.10. The smallest absolute Gasteiger partial charge is 0.272 e. The maximum Gasteiger partial charge on any atom is 0.272 e. The zero-order valence-electron chi connectivity index (χ0n) is 18.5. The number of anilines is 1. The van der Waals surface area contributed by atoms with Crippen molar-refractivity contribution in [3.63, 3.8) is 0 Å². The first kappa shape index (κ1) is 22.5. The van der Waals surface area contributed by atoms with E-state index >= 15 is 0 Å². The van der Waals surface area contributed by atoms with Gasteiger partial charge in [0.2, 0.25) is 0 Å². The van der Waals surface area contributed by atoms with Crippen molar-refractivity contribution in [2.75, 3.05) is 12.4 Å². The van der Waals surface area contributed by atoms with E-state index in [1.54, 1.807) is 55.9 Å². The fourth-order valence-electron chi connectivity index (χ4n) is 3.25. The first-order valence-corrected chi connectivity index (χ1v) is 10.6. The van der Waals surface area contributed by atoms with Crippen LogP contribution in [0.15, 0.2) is 102 Å². The molecule has 0 spiro atoms. The summed E-state index contributed by atoms with van der Waals surface area (Å²) in [7, 11) is 1.55. The second kappa shape index (κ2) is 10.8. The second-order valence-corrected chi connectivity index (χ2v) is 7.44. The Morgan fingerprint density at radius 2 is 1.65 bits per heavy atom. The predicted molar refractivity (Wildman–Crippen MR) is 129 cm³/mol. The van der Waals surface area contributed by atoms with E-state index < -0.39 is 11.8 Å². The largest absolute Gasteiger partial charge is 0.497 e. The first-order chi connectivity index (χ1) is 16.6. The highest BCUT2D eigenvalue weighted by atomic mass is 16.5. The zero-order valence-corrected chi connectivity index (χ0v) is 18.5. The van der Waals surface area contributed by atoms with Crippen molar-refractivity contribution in [3.05, 3.63) is 120 Å². The summed E-state index contributed by atoms with van der Waals surface area (Å²) in [6.45, 7) is 0. The molecule has 2 amide bonds. The minimum absolute atomic E-state index is 0.0524. The van der Waals surface area contributed by atoms with E-state index in [-0.39, 0.29) is 5.70 Å². The number of ether oxygens (including phenoxy) is 1. The van der Waals surface area contributed by atoms with Gasteiger partial charge in [-0.1, -0.05) is 12.1 Å². The lowest BCUT2D eigenvalue weighted by Crippen LogP contribution is -2.30. The van der Waals surface area contributed by atoms with E-state index in [4.69, 9.17) is 9.15 Å². The number of hydrogen-bond acceptors (Lipinski definition) is 5. The maximum atomic E-state index is 13.0. The summed E-state index contributed by atoms with van der Waals surface area (Å²) in [6, 6.07) is 21.5. The molecule has 0 bridgehead atoms. The molecule has 0 unspecified atom stereocenters. The van der Waals surface area contributed by atoms with Gasteiger partial charge in [-0.25, -0.2) is 0 Å². The second-order valence-electron chi connectivity index (χ2n) is 7.44. The van der Waals surface area contributed by atoms with Gasteiger partial charge in [-0.3, -0.25) is 14.6 Å². The Hall–Kier alpha value is -4.65. The summed E-state index contributed by atoms with van der Waals surface area (Å²) in [6.07, 6.45) is 7.26. The van der Waals surface area contributed by atoms with Crippen molar-refractivity contribution in [2.24, 2.45) is 0 Å². The average molecular weight is 453 g/mol. The number of amides is 2. The highest BCUT2D eigenvalue weighted by Crippen LogP contribution is 2.16. The van der Waals surface area contributed by atoms with Crippen molar-refractivity contribution in [1.29, 1.82) is 0 Å². The molecule has 0 saturated carbocycles. The molecule has 2 aromatic heterocycles. The van der Waals surface area contributed by atoms with Crippen LogP contribution in [0, 0.1) is 0 Å². The fourth-order valence-corrected chi connectivity index (χ4v) is 3.25. The van der Waals surface area contributed by atoms with Crippen LogP contribution in [0.1, 0.15) is 27.2 Å². The van der Waals surface area contributed by atoms with E-state index in [0.29, 0.717) is 22.8 Å². The van der Waals surface area contributed by atoms with Crippen LogP contribution < -0.4 is 15.4 Å². The van der Waals surface area contributed by atoms with Crippen LogP contribution in [0.4, 0.5) is 5.69 Å². The molecule has 4 aromatic rings. The van der Waals surface area contributed by atoms with E-state index in [1.807, 2.05) is 36.4 Å². The summed E-state index contributed by atoms with van der Waals surface area (Å²) in [5.41, 5.74) is 3.30. The van der Waals surface area contributed by atoms with Gasteiger partial charge in [-0.2, -0.15) is 0 Å². The molecule has 7 heteroatoms. The van der Waals surface area contributed by atoms with Gasteiger partial charge >= 0.3 is 0 Å². The number of carbonyl (C=O) groups excluding carboxylic acids is 2. The van der Waals surface area contributed by atoms with Crippen molar-refractivity contribution in [3.8, 4) is 5.75 Å². The summed E-state index contributed by atoms with van der Waals surface area (Å²) in [5, 5.41) is 5.50. The Morgan fingerprint density at radius 3 is 2.29 bits per heavy atom. The third-order valence-electron chi connectivity index (χ3n) is 5.04. The Labute approximate surface area is 197 Å². The summed E-state index contributed by atoms with van der Waals surface area (Å²) >= 11 is 0. The monoisotopic (exact) mass is 453 g/mol. The van der Waals surface area contributed by atoms with Crippen molar-refractivity contribution in [2.45, 2.75) is 6.42 Å². The minimum atomic E-state index is -0.472. The van der Waals surface area contributed by atoms with Gasteiger partial charge in [0.15, 0.2) is 0 Å². The van der Waals surface area contributed by atoms with Gasteiger partial charge in [0.05, 0.1) is 13.4 Å². The van der Waals surface area contributed by atoms with Crippen LogP contribution in [0.2, 0.25) is 0 Å². The Bertz CT molecular complexity index is 1260. The molecule has 2 heterocycles. The highest BCUT2D eigenvalue weighted by Gasteiger charge is 2.16. The molecule has 2 aromatic carbocycles. The number of nitrogens with one attached hydrogen (secondary N) is 2. The van der Waals surface area contributed by atoms with E-state index in [1.165, 1.54) is 12.3 Å². The van der Waals surface area contributed by atoms with Crippen LogP contribution >= 0.6 is 0 Å². The van der Waals surface area contributed by atoms with Crippen molar-refractivity contribution >= 4 is 23.6 Å². The first-order valence-electron chi connectivity index (χ1n) is 10.6. The van der Waals surface area contributed by atoms with Crippen LogP contribution in [0.3, 0.4) is 0 Å². The van der Waals surface area contributed by atoms with E-state index in [9.17, 15) is 9.59 Å². The van der Waals surface area contributed by atoms with Crippen LogP contribution in [0.5, 0.6) is 5.75 Å². The predicted octanol–water partition coefficient (Wildman–Crippen LogP) is 4.68. The van der Waals surface area contributed by atoms with Crippen molar-refractivity contribution < 1.29 is 18.7 Å². The molecule has 0 saturated heterocycles. The molecule has 2 N–H and O–H groups in total. The number of furan rings is 1. The number of hydrogen-bond donors (Lipinski definition) is 2. The molecule has 7 nitrogen and oxygen atoms in total. The summed E-state index contributed by atoms with van der Waals surface area (Å²) in [4.78, 5) is 29.8. The SMILES string of the molecule is COc1ccc(C(=O)N/C(=C\c2ccco2)C(=O)Nc2ccc(Cc3ccncc3)cc2)cc1. The number of aromatic nitrogens is 1. The molecule has 4 rings (SSSR count). The molecular formula is C27H23N3O4. The summed E-state index contributed by atoms with van der Waals surface area (Å²) in [5.74, 6) is 0.171. The maximum absolute atomic E-state index is 13.0. The number of rotatable bonds is 8. The summed E-state index contributed by atoms with van der Waals surface area (Å²) < 4.78 is 10.4. The lowest BCUT2D eigenvalue weighted by molar-refractivity contribution is -0.113. The number of carbonyl (C=O) groups is 2. The van der Waals surface area contributed by atoms with Gasteiger partial charge in [-0.15, -0.1) is 0 Å². The Balaban J connectivity index is 1.47. The number of methoxy groups -OCH3 is 1. The van der Waals surface area contributed by atoms with Crippen LogP contribution in [-0.4, -0.2) is 23.9 Å². The molecule has 0 fully saturated rings. The molecule has 0 aliphatic carbocycles. The zero-order chi connectivity index (χ0) is 23.8. The lowest BCUT2D eigenvalue weighted by atomic mass is 10.1. The van der Waals surface area contributed by atoms with E-state index in [2.05, 4.69) is 15.6 Å². The molecule has 170 valence electrons. The third-order valence-corrected chi connectivity index (χ3v) is 5.04. The van der Waals surface area contributed by atoms with Gasteiger partial charge in [-0.05, 0) is 78.2 Å². The molecule has 0 aliphatic heterocycles. The molecule has 0 atom stereocenters. The standard InChI is InChI=1S/C27H23N3O4/c1-33-23-10-6-21(7-11-23)26(31)30-25(18-24-3-2-16-34-24)27(32)29-22-8-4-19(5-9-22)17-20-12-14-28-15-13-20/h2-16,18H,17H2,1H3,(H,29,32)(H,30,31)/b25-18-. The number of nitrogens with zero attached hydrogens (tertiary/aromatic N) is 1. The number of benzene rings is 2. The van der Waals surface area contributed by atoms with Crippen LogP contribution in [0.25, 0.3) is 6.08 Å². The Kier molecular flexibility index (Phi) is 7.15. The van der Waals surface area contributed by atoms with Gasteiger partial charge in [0, 0.05) is 29.7 Å². The molecule has 0 aliphatic rings. The average Bonchev–Trinajstić information content (AvgIpc) is 3.39. The third kappa shape index (κ3) is 5.98.